The van der Waals surface area contributed by atoms with Gasteiger partial charge in [0.1, 0.15) is 5.82 Å². The summed E-state index contributed by atoms with van der Waals surface area (Å²) >= 11 is 0. The number of piperidine rings is 1. The molecule has 0 radical (unpaired) electrons. The normalized spacial score (nSPS) is 19.3. The van der Waals surface area contributed by atoms with E-state index >= 15 is 0 Å². The minimum atomic E-state index is 0.314. The van der Waals surface area contributed by atoms with Crippen LogP contribution in [0.3, 0.4) is 0 Å². The number of anilines is 1. The Hall–Kier alpha value is -1.20. The number of ether oxygens (including phenoxy) is 1. The molecule has 21 heavy (non-hydrogen) atoms. The van der Waals surface area contributed by atoms with E-state index in [1.54, 1.807) is 0 Å². The van der Waals surface area contributed by atoms with Gasteiger partial charge in [-0.2, -0.15) is 0 Å². The van der Waals surface area contributed by atoms with Gasteiger partial charge in [0.05, 0.1) is 23.7 Å². The van der Waals surface area contributed by atoms with Crippen LogP contribution in [0.4, 0.5) is 5.69 Å². The molecule has 2 rings (SSSR count). The molecule has 0 amide bonds. The molecule has 1 saturated heterocycles. The summed E-state index contributed by atoms with van der Waals surface area (Å²) in [6, 6.07) is 0. The van der Waals surface area contributed by atoms with Gasteiger partial charge in [-0.1, -0.05) is 20.8 Å². The smallest absolute Gasteiger partial charge is 0.131 e. The van der Waals surface area contributed by atoms with Gasteiger partial charge in [-0.3, -0.25) is 0 Å². The Balaban J connectivity index is 2.12. The van der Waals surface area contributed by atoms with Crippen LogP contribution in [0.25, 0.3) is 0 Å². The van der Waals surface area contributed by atoms with Crippen molar-refractivity contribution in [1.82, 2.24) is 9.97 Å². The Morgan fingerprint density at radius 2 is 2.29 bits per heavy atom. The summed E-state index contributed by atoms with van der Waals surface area (Å²) in [6.07, 6.45) is 5.60. The van der Waals surface area contributed by atoms with E-state index in [0.29, 0.717) is 18.6 Å². The highest BCUT2D eigenvalue weighted by Crippen LogP contribution is 2.24. The Labute approximate surface area is 127 Å². The second-order valence-electron chi connectivity index (χ2n) is 6.00. The molecular weight excluding hydrogens is 264 g/mol. The standard InChI is InChI=1S/C16H28N4O/c1-4-8-21-13-6-5-7-20(11-13)15-10-18-16(12(2)3)19-14(15)9-17/h10,12-13H,4-9,11,17H2,1-3H3. The van der Waals surface area contributed by atoms with E-state index in [4.69, 9.17) is 10.5 Å². The molecule has 0 aromatic carbocycles. The first-order valence-electron chi connectivity index (χ1n) is 8.08. The van der Waals surface area contributed by atoms with Crippen molar-refractivity contribution < 1.29 is 4.74 Å². The van der Waals surface area contributed by atoms with Crippen LogP contribution in [0.2, 0.25) is 0 Å². The third-order valence-corrected chi connectivity index (χ3v) is 3.85. The predicted molar refractivity (Wildman–Crippen MR) is 85.5 cm³/mol. The predicted octanol–water partition coefficient (Wildman–Crippen LogP) is 2.45. The number of rotatable bonds is 6. The van der Waals surface area contributed by atoms with Crippen LogP contribution in [-0.2, 0) is 11.3 Å². The maximum atomic E-state index is 5.91. The van der Waals surface area contributed by atoms with Gasteiger partial charge in [0.2, 0.25) is 0 Å². The molecule has 118 valence electrons. The average molecular weight is 292 g/mol. The van der Waals surface area contributed by atoms with Gasteiger partial charge in [0, 0.05) is 32.2 Å². The summed E-state index contributed by atoms with van der Waals surface area (Å²) in [6.45, 7) is 9.58. The molecule has 1 unspecified atom stereocenters. The minimum absolute atomic E-state index is 0.314. The van der Waals surface area contributed by atoms with Crippen molar-refractivity contribution in [3.8, 4) is 0 Å². The molecule has 0 aliphatic carbocycles. The Morgan fingerprint density at radius 3 is 2.95 bits per heavy atom. The molecular formula is C16H28N4O. The summed E-state index contributed by atoms with van der Waals surface area (Å²) in [5.41, 5.74) is 7.92. The topological polar surface area (TPSA) is 64.3 Å². The molecule has 5 nitrogen and oxygen atoms in total. The van der Waals surface area contributed by atoms with Gasteiger partial charge in [-0.25, -0.2) is 9.97 Å². The molecule has 2 N–H and O–H groups in total. The molecule has 0 bridgehead atoms. The van der Waals surface area contributed by atoms with Crippen molar-refractivity contribution in [3.63, 3.8) is 0 Å². The van der Waals surface area contributed by atoms with Crippen molar-refractivity contribution in [2.24, 2.45) is 5.73 Å². The molecule has 0 saturated carbocycles. The lowest BCUT2D eigenvalue weighted by Gasteiger charge is -2.35. The summed E-state index contributed by atoms with van der Waals surface area (Å²) in [5, 5.41) is 0. The SMILES string of the molecule is CCCOC1CCCN(c2cnc(C(C)C)nc2CN)C1. The molecule has 5 heteroatoms. The third-order valence-electron chi connectivity index (χ3n) is 3.85. The lowest BCUT2D eigenvalue weighted by molar-refractivity contribution is 0.0440. The number of hydrogen-bond donors (Lipinski definition) is 1. The van der Waals surface area contributed by atoms with Gasteiger partial charge in [-0.15, -0.1) is 0 Å². The van der Waals surface area contributed by atoms with E-state index in [2.05, 4.69) is 35.6 Å². The molecule has 1 aromatic rings. The quantitative estimate of drug-likeness (QED) is 0.872. The van der Waals surface area contributed by atoms with E-state index in [9.17, 15) is 0 Å². The van der Waals surface area contributed by atoms with E-state index in [1.165, 1.54) is 0 Å². The Morgan fingerprint density at radius 1 is 1.48 bits per heavy atom. The van der Waals surface area contributed by atoms with Crippen LogP contribution in [0.15, 0.2) is 6.20 Å². The van der Waals surface area contributed by atoms with Crippen molar-refractivity contribution in [2.45, 2.75) is 58.6 Å². The van der Waals surface area contributed by atoms with Crippen LogP contribution >= 0.6 is 0 Å². The third kappa shape index (κ3) is 4.14. The van der Waals surface area contributed by atoms with E-state index in [-0.39, 0.29) is 0 Å². The monoisotopic (exact) mass is 292 g/mol. The number of nitrogens with two attached hydrogens (primary N) is 1. The van der Waals surface area contributed by atoms with Gasteiger partial charge < -0.3 is 15.4 Å². The van der Waals surface area contributed by atoms with Crippen LogP contribution in [-0.4, -0.2) is 35.8 Å². The fourth-order valence-electron chi connectivity index (χ4n) is 2.70. The van der Waals surface area contributed by atoms with Crippen LogP contribution < -0.4 is 10.6 Å². The van der Waals surface area contributed by atoms with E-state index in [1.807, 2.05) is 6.20 Å². The highest BCUT2D eigenvalue weighted by molar-refractivity contribution is 5.49. The highest BCUT2D eigenvalue weighted by Gasteiger charge is 2.23. The van der Waals surface area contributed by atoms with Crippen molar-refractivity contribution >= 4 is 5.69 Å². The van der Waals surface area contributed by atoms with Gasteiger partial charge >= 0.3 is 0 Å². The summed E-state index contributed by atoms with van der Waals surface area (Å²) in [4.78, 5) is 11.5. The molecule has 0 spiro atoms. The van der Waals surface area contributed by atoms with Crippen molar-refractivity contribution in [1.29, 1.82) is 0 Å². The second-order valence-corrected chi connectivity index (χ2v) is 6.00. The first kappa shape index (κ1) is 16.2. The van der Waals surface area contributed by atoms with E-state index < -0.39 is 0 Å². The number of nitrogens with zero attached hydrogens (tertiary/aromatic N) is 3. The zero-order chi connectivity index (χ0) is 15.2. The largest absolute Gasteiger partial charge is 0.376 e. The fraction of sp³-hybridized carbons (Fsp3) is 0.750. The van der Waals surface area contributed by atoms with Crippen LogP contribution in [0.5, 0.6) is 0 Å². The van der Waals surface area contributed by atoms with E-state index in [0.717, 1.165) is 56.2 Å². The lowest BCUT2D eigenvalue weighted by Crippen LogP contribution is -2.40. The molecule has 1 fully saturated rings. The molecule has 1 aliphatic heterocycles. The molecule has 1 aromatic heterocycles. The Bertz CT molecular complexity index is 450. The lowest BCUT2D eigenvalue weighted by atomic mass is 10.1. The summed E-state index contributed by atoms with van der Waals surface area (Å²) in [7, 11) is 0. The summed E-state index contributed by atoms with van der Waals surface area (Å²) < 4.78 is 5.91. The number of hydrogen-bond acceptors (Lipinski definition) is 5. The maximum absolute atomic E-state index is 5.91. The first-order chi connectivity index (χ1) is 10.2. The summed E-state index contributed by atoms with van der Waals surface area (Å²) in [5.74, 6) is 1.20. The fourth-order valence-corrected chi connectivity index (χ4v) is 2.70. The first-order valence-corrected chi connectivity index (χ1v) is 8.08. The second kappa shape index (κ2) is 7.71. The van der Waals surface area contributed by atoms with Gasteiger partial charge in [0.15, 0.2) is 0 Å². The van der Waals surface area contributed by atoms with Crippen LogP contribution in [0, 0.1) is 0 Å². The zero-order valence-electron chi connectivity index (χ0n) is 13.5. The average Bonchev–Trinajstić information content (AvgIpc) is 2.52. The maximum Gasteiger partial charge on any atom is 0.131 e. The Kier molecular flexibility index (Phi) is 5.94. The van der Waals surface area contributed by atoms with Crippen molar-refractivity contribution in [2.75, 3.05) is 24.6 Å². The molecule has 2 heterocycles. The van der Waals surface area contributed by atoms with Crippen LogP contribution in [0.1, 0.15) is 57.5 Å². The zero-order valence-corrected chi connectivity index (χ0v) is 13.5. The highest BCUT2D eigenvalue weighted by atomic mass is 16.5. The molecule has 1 aliphatic rings. The number of aromatic nitrogens is 2. The van der Waals surface area contributed by atoms with Gasteiger partial charge in [0.25, 0.3) is 0 Å². The van der Waals surface area contributed by atoms with Crippen molar-refractivity contribution in [3.05, 3.63) is 17.7 Å². The molecule has 1 atom stereocenters. The van der Waals surface area contributed by atoms with Gasteiger partial charge in [-0.05, 0) is 19.3 Å². The minimum Gasteiger partial charge on any atom is -0.376 e.